The number of pyridine rings is 1. The molecule has 21 heavy (non-hydrogen) atoms. The summed E-state index contributed by atoms with van der Waals surface area (Å²) in [7, 11) is -4.32. The number of benzene rings is 1. The first kappa shape index (κ1) is 14.9. The lowest BCUT2D eigenvalue weighted by Crippen LogP contribution is -2.10. The highest BCUT2D eigenvalue weighted by Gasteiger charge is 2.27. The maximum absolute atomic E-state index is 12.1. The molecule has 0 saturated heterocycles. The van der Waals surface area contributed by atoms with Gasteiger partial charge < -0.3 is 5.73 Å². The van der Waals surface area contributed by atoms with E-state index >= 15 is 0 Å². The third-order valence-corrected chi connectivity index (χ3v) is 3.85. The number of nitrogens with zero attached hydrogens (tertiary/aromatic N) is 2. The van der Waals surface area contributed by atoms with Crippen LogP contribution in [0.15, 0.2) is 47.5 Å². The van der Waals surface area contributed by atoms with E-state index in [1.165, 1.54) is 0 Å². The Morgan fingerprint density at radius 1 is 1.29 bits per heavy atom. The van der Waals surface area contributed by atoms with Gasteiger partial charge in [-0.3, -0.25) is 14.3 Å². The summed E-state index contributed by atoms with van der Waals surface area (Å²) in [4.78, 5) is 12.9. The van der Waals surface area contributed by atoms with Crippen LogP contribution in [0.25, 0.3) is 0 Å². The number of nitrogens with two attached hydrogens (primary N) is 1. The van der Waals surface area contributed by atoms with Crippen LogP contribution in [0.4, 0.5) is 11.5 Å². The molecule has 0 atom stereocenters. The molecule has 110 valence electrons. The van der Waals surface area contributed by atoms with Crippen molar-refractivity contribution in [3.8, 4) is 0 Å². The Hall–Kier alpha value is -2.52. The minimum atomic E-state index is -4.32. The molecule has 8 nitrogen and oxygen atoms in total. The van der Waals surface area contributed by atoms with Gasteiger partial charge in [-0.2, -0.15) is 8.42 Å². The van der Waals surface area contributed by atoms with Gasteiger partial charge >= 0.3 is 15.8 Å². The fourth-order valence-electron chi connectivity index (χ4n) is 1.57. The van der Waals surface area contributed by atoms with Crippen molar-refractivity contribution in [2.45, 2.75) is 11.5 Å². The number of aromatic nitrogens is 1. The second-order valence-corrected chi connectivity index (χ2v) is 5.62. The Morgan fingerprint density at radius 2 is 1.95 bits per heavy atom. The summed E-state index contributed by atoms with van der Waals surface area (Å²) in [6, 6.07) is 9.46. The molecule has 9 heteroatoms. The Labute approximate surface area is 120 Å². The topological polar surface area (TPSA) is 125 Å². The molecule has 0 aliphatic carbocycles. The van der Waals surface area contributed by atoms with E-state index in [0.29, 0.717) is 5.56 Å². The number of anilines is 1. The molecule has 0 amide bonds. The smallest absolute Gasteiger partial charge is 0.308 e. The van der Waals surface area contributed by atoms with Gasteiger partial charge in [0.05, 0.1) is 11.5 Å². The Morgan fingerprint density at radius 3 is 2.57 bits per heavy atom. The van der Waals surface area contributed by atoms with Crippen LogP contribution in [-0.4, -0.2) is 18.3 Å². The lowest BCUT2D eigenvalue weighted by Gasteiger charge is -2.06. The second kappa shape index (κ2) is 5.85. The average molecular weight is 309 g/mol. The Kier molecular flexibility index (Phi) is 4.15. The molecule has 1 aromatic heterocycles. The minimum Gasteiger partial charge on any atom is -0.384 e. The van der Waals surface area contributed by atoms with Crippen LogP contribution < -0.4 is 5.73 Å². The van der Waals surface area contributed by atoms with Crippen LogP contribution in [0.3, 0.4) is 0 Å². The summed E-state index contributed by atoms with van der Waals surface area (Å²) in [5.74, 6) is -0.150. The number of rotatable bonds is 5. The van der Waals surface area contributed by atoms with Gasteiger partial charge in [0.25, 0.3) is 0 Å². The van der Waals surface area contributed by atoms with Crippen molar-refractivity contribution in [3.63, 3.8) is 0 Å². The van der Waals surface area contributed by atoms with Crippen LogP contribution >= 0.6 is 0 Å². The number of nitro groups is 1. The highest BCUT2D eigenvalue weighted by atomic mass is 32.2. The molecule has 2 rings (SSSR count). The van der Waals surface area contributed by atoms with Crippen LogP contribution in [0.1, 0.15) is 5.56 Å². The predicted octanol–water partition coefficient (Wildman–Crippen LogP) is 1.48. The second-order valence-electron chi connectivity index (χ2n) is 4.04. The van der Waals surface area contributed by atoms with E-state index in [2.05, 4.69) is 4.98 Å². The van der Waals surface area contributed by atoms with E-state index in [1.807, 2.05) is 0 Å². The third kappa shape index (κ3) is 3.52. The van der Waals surface area contributed by atoms with Crippen molar-refractivity contribution in [3.05, 3.63) is 58.3 Å². The summed E-state index contributed by atoms with van der Waals surface area (Å²) in [5, 5.41) is 10.9. The van der Waals surface area contributed by atoms with E-state index < -0.39 is 25.6 Å². The number of nitrogen functional groups attached to an aromatic ring is 1. The van der Waals surface area contributed by atoms with Gasteiger partial charge in [0.15, 0.2) is 4.90 Å². The largest absolute Gasteiger partial charge is 0.384 e. The van der Waals surface area contributed by atoms with Gasteiger partial charge in [-0.25, -0.2) is 4.98 Å². The molecule has 0 fully saturated rings. The van der Waals surface area contributed by atoms with Gasteiger partial charge in [0.2, 0.25) is 0 Å². The summed E-state index contributed by atoms with van der Waals surface area (Å²) in [6.45, 7) is -0.234. The lowest BCUT2D eigenvalue weighted by molar-refractivity contribution is -0.388. The normalized spacial score (nSPS) is 11.2. The maximum Gasteiger partial charge on any atom is 0.308 e. The predicted molar refractivity (Wildman–Crippen MR) is 73.7 cm³/mol. The van der Waals surface area contributed by atoms with Gasteiger partial charge in [-0.1, -0.05) is 30.3 Å². The van der Waals surface area contributed by atoms with Crippen molar-refractivity contribution in [2.75, 3.05) is 5.73 Å². The monoisotopic (exact) mass is 309 g/mol. The highest BCUT2D eigenvalue weighted by molar-refractivity contribution is 7.86. The molecule has 1 aromatic carbocycles. The average Bonchev–Trinajstić information content (AvgIpc) is 2.46. The SMILES string of the molecule is Nc1cc(S(=O)(=O)OCc2ccccc2)c([N+](=O)[O-])cn1. The molecular weight excluding hydrogens is 298 g/mol. The van der Waals surface area contributed by atoms with Gasteiger partial charge in [0.1, 0.15) is 12.0 Å². The molecule has 2 N–H and O–H groups in total. The van der Waals surface area contributed by atoms with Crippen molar-refractivity contribution in [1.82, 2.24) is 4.98 Å². The number of hydrogen-bond acceptors (Lipinski definition) is 7. The summed E-state index contributed by atoms with van der Waals surface area (Å²) < 4.78 is 29.0. The standard InChI is InChI=1S/C12H11N3O5S/c13-12-6-11(10(7-14-12)15(16)17)21(18,19)20-8-9-4-2-1-3-5-9/h1-7H,8H2,(H2,13,14). The molecule has 0 saturated carbocycles. The van der Waals surface area contributed by atoms with Crippen LogP contribution in [-0.2, 0) is 20.9 Å². The zero-order valence-corrected chi connectivity index (χ0v) is 11.5. The van der Waals surface area contributed by atoms with Crippen molar-refractivity contribution in [1.29, 1.82) is 0 Å². The molecule has 2 aromatic rings. The molecular formula is C12H11N3O5S. The Balaban J connectivity index is 2.31. The van der Waals surface area contributed by atoms with Gasteiger partial charge in [-0.05, 0) is 5.56 Å². The summed E-state index contributed by atoms with van der Waals surface area (Å²) in [5.41, 5.74) is 5.31. The Bertz CT molecular complexity index is 762. The van der Waals surface area contributed by atoms with E-state index in [4.69, 9.17) is 9.92 Å². The van der Waals surface area contributed by atoms with E-state index in [1.54, 1.807) is 30.3 Å². The van der Waals surface area contributed by atoms with Crippen LogP contribution in [0.2, 0.25) is 0 Å². The van der Waals surface area contributed by atoms with E-state index in [-0.39, 0.29) is 12.4 Å². The molecule has 0 aliphatic heterocycles. The fraction of sp³-hybridized carbons (Fsp3) is 0.0833. The van der Waals surface area contributed by atoms with Crippen molar-refractivity contribution < 1.29 is 17.5 Å². The van der Waals surface area contributed by atoms with Crippen LogP contribution in [0, 0.1) is 10.1 Å². The minimum absolute atomic E-state index is 0.150. The quantitative estimate of drug-likeness (QED) is 0.503. The zero-order chi connectivity index (χ0) is 15.5. The molecule has 0 spiro atoms. The lowest BCUT2D eigenvalue weighted by atomic mass is 10.2. The van der Waals surface area contributed by atoms with Gasteiger partial charge in [-0.15, -0.1) is 0 Å². The first-order chi connectivity index (χ1) is 9.90. The summed E-state index contributed by atoms with van der Waals surface area (Å²) in [6.07, 6.45) is 0.786. The zero-order valence-electron chi connectivity index (χ0n) is 10.7. The third-order valence-electron chi connectivity index (χ3n) is 2.56. The molecule has 1 heterocycles. The van der Waals surface area contributed by atoms with Crippen molar-refractivity contribution >= 4 is 21.6 Å². The molecule has 0 unspecified atom stereocenters. The molecule has 0 radical (unpaired) electrons. The van der Waals surface area contributed by atoms with Gasteiger partial charge in [0, 0.05) is 6.07 Å². The molecule has 0 aliphatic rings. The highest BCUT2D eigenvalue weighted by Crippen LogP contribution is 2.26. The van der Waals surface area contributed by atoms with Crippen molar-refractivity contribution in [2.24, 2.45) is 0 Å². The first-order valence-corrected chi connectivity index (χ1v) is 7.14. The van der Waals surface area contributed by atoms with E-state index in [0.717, 1.165) is 12.3 Å². The summed E-state index contributed by atoms with van der Waals surface area (Å²) >= 11 is 0. The fourth-order valence-corrected chi connectivity index (χ4v) is 2.63. The van der Waals surface area contributed by atoms with Crippen LogP contribution in [0.5, 0.6) is 0 Å². The number of hydrogen-bond donors (Lipinski definition) is 1. The molecule has 0 bridgehead atoms. The maximum atomic E-state index is 12.1. The van der Waals surface area contributed by atoms with E-state index in [9.17, 15) is 18.5 Å². The first-order valence-electron chi connectivity index (χ1n) is 5.73.